The van der Waals surface area contributed by atoms with Crippen molar-refractivity contribution in [3.8, 4) is 5.75 Å². The maximum Gasteiger partial charge on any atom is 0.271 e. The molecule has 1 aliphatic heterocycles. The number of nitrogens with zero attached hydrogens (tertiary/aromatic N) is 2. The second-order valence-corrected chi connectivity index (χ2v) is 8.63. The first-order chi connectivity index (χ1) is 15.1. The van der Waals surface area contributed by atoms with Gasteiger partial charge in [-0.25, -0.2) is 4.98 Å². The van der Waals surface area contributed by atoms with E-state index < -0.39 is 0 Å². The monoisotopic (exact) mass is 455 g/mol. The van der Waals surface area contributed by atoms with Crippen molar-refractivity contribution in [2.45, 2.75) is 26.0 Å². The van der Waals surface area contributed by atoms with E-state index in [0.29, 0.717) is 33.6 Å². The lowest BCUT2D eigenvalue weighted by atomic mass is 10.1. The number of halogens is 1. The van der Waals surface area contributed by atoms with Crippen LogP contribution < -0.4 is 10.1 Å². The molecule has 0 bridgehead atoms. The smallest absolute Gasteiger partial charge is 0.271 e. The van der Waals surface area contributed by atoms with Crippen LogP contribution >= 0.6 is 22.9 Å². The summed E-state index contributed by atoms with van der Waals surface area (Å²) in [7, 11) is 0. The standard InChI is InChI=1S/C23H22ClN3O3S/c24-18-6-8-19(9-7-18)30-14-21-26-20(15-31-21)22(28)25-13-16-4-3-5-17(12-16)23(29)27-10-1-2-11-27/h3-9,12,15H,1-2,10-11,13-14H2,(H,25,28). The molecule has 0 atom stereocenters. The number of carbonyl (C=O) groups is 2. The van der Waals surface area contributed by atoms with Crippen LogP contribution in [0.4, 0.5) is 0 Å². The molecule has 2 aromatic carbocycles. The van der Waals surface area contributed by atoms with Gasteiger partial charge in [0, 0.05) is 35.6 Å². The van der Waals surface area contributed by atoms with Gasteiger partial charge in [-0.05, 0) is 54.8 Å². The third kappa shape index (κ3) is 5.62. The summed E-state index contributed by atoms with van der Waals surface area (Å²) in [6, 6.07) is 14.5. The van der Waals surface area contributed by atoms with Crippen LogP contribution in [0.2, 0.25) is 5.02 Å². The Kier molecular flexibility index (Phi) is 6.84. The number of rotatable bonds is 7. The van der Waals surface area contributed by atoms with Crippen LogP contribution in [0.15, 0.2) is 53.9 Å². The molecule has 1 saturated heterocycles. The van der Waals surface area contributed by atoms with E-state index >= 15 is 0 Å². The predicted octanol–water partition coefficient (Wildman–Crippen LogP) is 4.54. The van der Waals surface area contributed by atoms with Crippen LogP contribution in [-0.4, -0.2) is 34.8 Å². The number of aromatic nitrogens is 1. The molecule has 1 N–H and O–H groups in total. The second kappa shape index (κ2) is 9.94. The third-order valence-corrected chi connectivity index (χ3v) is 6.05. The number of carbonyl (C=O) groups excluding carboxylic acids is 2. The van der Waals surface area contributed by atoms with Crippen molar-refractivity contribution in [1.29, 1.82) is 0 Å². The summed E-state index contributed by atoms with van der Waals surface area (Å²) in [6.45, 7) is 2.23. The fraction of sp³-hybridized carbons (Fsp3) is 0.261. The Labute approximate surface area is 189 Å². The molecule has 1 aromatic heterocycles. The summed E-state index contributed by atoms with van der Waals surface area (Å²) in [5, 5.41) is 5.93. The second-order valence-electron chi connectivity index (χ2n) is 7.25. The number of nitrogens with one attached hydrogen (secondary N) is 1. The Balaban J connectivity index is 1.30. The molecule has 1 aliphatic rings. The molecule has 31 heavy (non-hydrogen) atoms. The van der Waals surface area contributed by atoms with E-state index in [4.69, 9.17) is 16.3 Å². The Bertz CT molecular complexity index is 1060. The van der Waals surface area contributed by atoms with Crippen LogP contribution in [0.1, 0.15) is 44.3 Å². The number of thiazole rings is 1. The number of hydrogen-bond donors (Lipinski definition) is 1. The Morgan fingerprint density at radius 1 is 1.13 bits per heavy atom. The number of likely N-dealkylation sites (tertiary alicyclic amines) is 1. The zero-order valence-electron chi connectivity index (χ0n) is 16.8. The largest absolute Gasteiger partial charge is 0.486 e. The van der Waals surface area contributed by atoms with Gasteiger partial charge in [0.1, 0.15) is 23.1 Å². The summed E-state index contributed by atoms with van der Waals surface area (Å²) in [5.41, 5.74) is 1.88. The maximum atomic E-state index is 12.6. The zero-order chi connectivity index (χ0) is 21.6. The van der Waals surface area contributed by atoms with Crippen LogP contribution in [-0.2, 0) is 13.2 Å². The van der Waals surface area contributed by atoms with Gasteiger partial charge in [-0.15, -0.1) is 11.3 Å². The van der Waals surface area contributed by atoms with E-state index in [-0.39, 0.29) is 18.4 Å². The van der Waals surface area contributed by atoms with Gasteiger partial charge in [-0.2, -0.15) is 0 Å². The molecule has 0 radical (unpaired) electrons. The summed E-state index contributed by atoms with van der Waals surface area (Å²) >= 11 is 7.23. The quantitative estimate of drug-likeness (QED) is 0.567. The molecular weight excluding hydrogens is 434 g/mol. The van der Waals surface area contributed by atoms with Gasteiger partial charge in [0.25, 0.3) is 11.8 Å². The van der Waals surface area contributed by atoms with E-state index in [1.54, 1.807) is 29.6 Å². The lowest BCUT2D eigenvalue weighted by molar-refractivity contribution is 0.0792. The number of hydrogen-bond acceptors (Lipinski definition) is 5. The molecule has 6 nitrogen and oxygen atoms in total. The fourth-order valence-electron chi connectivity index (χ4n) is 3.35. The van der Waals surface area contributed by atoms with E-state index in [1.165, 1.54) is 11.3 Å². The molecule has 0 unspecified atom stereocenters. The molecule has 3 aromatic rings. The topological polar surface area (TPSA) is 71.5 Å². The highest BCUT2D eigenvalue weighted by molar-refractivity contribution is 7.09. The van der Waals surface area contributed by atoms with Crippen LogP contribution in [0.3, 0.4) is 0 Å². The van der Waals surface area contributed by atoms with Crippen molar-refractivity contribution in [2.75, 3.05) is 13.1 Å². The highest BCUT2D eigenvalue weighted by Crippen LogP contribution is 2.18. The first-order valence-electron chi connectivity index (χ1n) is 10.1. The minimum absolute atomic E-state index is 0.0514. The van der Waals surface area contributed by atoms with Crippen molar-refractivity contribution in [3.05, 3.63) is 80.8 Å². The van der Waals surface area contributed by atoms with E-state index in [2.05, 4.69) is 10.3 Å². The van der Waals surface area contributed by atoms with Gasteiger partial charge in [0.15, 0.2) is 0 Å². The number of benzene rings is 2. The van der Waals surface area contributed by atoms with Gasteiger partial charge >= 0.3 is 0 Å². The molecule has 2 heterocycles. The van der Waals surface area contributed by atoms with Crippen LogP contribution in [0.25, 0.3) is 0 Å². The molecule has 0 aliphatic carbocycles. The summed E-state index contributed by atoms with van der Waals surface area (Å²) in [5.74, 6) is 0.481. The van der Waals surface area contributed by atoms with E-state index in [9.17, 15) is 9.59 Å². The zero-order valence-corrected chi connectivity index (χ0v) is 18.4. The molecule has 1 fully saturated rings. The van der Waals surface area contributed by atoms with Crippen molar-refractivity contribution >= 4 is 34.8 Å². The molecule has 8 heteroatoms. The molecule has 0 spiro atoms. The third-order valence-electron chi connectivity index (χ3n) is 4.98. The fourth-order valence-corrected chi connectivity index (χ4v) is 4.16. The van der Waals surface area contributed by atoms with Crippen molar-refractivity contribution in [3.63, 3.8) is 0 Å². The number of ether oxygens (including phenoxy) is 1. The highest BCUT2D eigenvalue weighted by atomic mass is 35.5. The first-order valence-corrected chi connectivity index (χ1v) is 11.3. The summed E-state index contributed by atoms with van der Waals surface area (Å²) in [4.78, 5) is 31.3. The number of amides is 2. The minimum Gasteiger partial charge on any atom is -0.486 e. The SMILES string of the molecule is O=C(NCc1cccc(C(=O)N2CCCC2)c1)c1csc(COc2ccc(Cl)cc2)n1. The van der Waals surface area contributed by atoms with Gasteiger partial charge in [0.2, 0.25) is 0 Å². The van der Waals surface area contributed by atoms with Crippen LogP contribution in [0.5, 0.6) is 5.75 Å². The maximum absolute atomic E-state index is 12.6. The highest BCUT2D eigenvalue weighted by Gasteiger charge is 2.19. The minimum atomic E-state index is -0.259. The molecular formula is C23H22ClN3O3S. The lowest BCUT2D eigenvalue weighted by Crippen LogP contribution is -2.28. The van der Waals surface area contributed by atoms with Gasteiger partial charge in [-0.3, -0.25) is 9.59 Å². The van der Waals surface area contributed by atoms with Crippen LogP contribution in [0, 0.1) is 0 Å². The van der Waals surface area contributed by atoms with Gasteiger partial charge in [0.05, 0.1) is 0 Å². The Morgan fingerprint density at radius 3 is 2.68 bits per heavy atom. The predicted molar refractivity (Wildman–Crippen MR) is 121 cm³/mol. The summed E-state index contributed by atoms with van der Waals surface area (Å²) in [6.07, 6.45) is 2.11. The molecule has 4 rings (SSSR count). The van der Waals surface area contributed by atoms with Gasteiger partial charge in [-0.1, -0.05) is 23.7 Å². The Hall–Kier alpha value is -2.90. The normalized spacial score (nSPS) is 13.3. The first kappa shape index (κ1) is 21.3. The molecule has 2 amide bonds. The van der Waals surface area contributed by atoms with Gasteiger partial charge < -0.3 is 15.0 Å². The lowest BCUT2D eigenvalue weighted by Gasteiger charge is -2.15. The van der Waals surface area contributed by atoms with Crippen molar-refractivity contribution in [1.82, 2.24) is 15.2 Å². The summed E-state index contributed by atoms with van der Waals surface area (Å²) < 4.78 is 5.67. The average molecular weight is 456 g/mol. The molecule has 0 saturated carbocycles. The average Bonchev–Trinajstić information content (AvgIpc) is 3.49. The van der Waals surface area contributed by atoms with Crippen molar-refractivity contribution < 1.29 is 14.3 Å². The van der Waals surface area contributed by atoms with E-state index in [0.717, 1.165) is 31.5 Å². The molecule has 160 valence electrons. The Morgan fingerprint density at radius 2 is 1.90 bits per heavy atom. The van der Waals surface area contributed by atoms with Crippen molar-refractivity contribution in [2.24, 2.45) is 0 Å². The van der Waals surface area contributed by atoms with E-state index in [1.807, 2.05) is 29.2 Å².